The number of carboxylic acid groups (broad SMARTS) is 1. The number of morpholine rings is 1. The molecule has 20 heavy (non-hydrogen) atoms. The predicted octanol–water partition coefficient (Wildman–Crippen LogP) is -1.16. The van der Waals surface area contributed by atoms with Gasteiger partial charge in [-0.25, -0.2) is 9.59 Å². The maximum Gasteiger partial charge on any atom is 0.332 e. The summed E-state index contributed by atoms with van der Waals surface area (Å²) in [4.78, 5) is 24.1. The van der Waals surface area contributed by atoms with Crippen molar-refractivity contribution in [3.05, 3.63) is 0 Å². The van der Waals surface area contributed by atoms with Gasteiger partial charge in [0, 0.05) is 32.6 Å². The van der Waals surface area contributed by atoms with Gasteiger partial charge in [-0.2, -0.15) is 0 Å². The smallest absolute Gasteiger partial charge is 0.332 e. The van der Waals surface area contributed by atoms with E-state index in [1.165, 1.54) is 0 Å². The Kier molecular flexibility index (Phi) is 7.27. The lowest BCUT2D eigenvalue weighted by Crippen LogP contribution is -2.49. The quantitative estimate of drug-likeness (QED) is 0.470. The van der Waals surface area contributed by atoms with Crippen LogP contribution in [0.3, 0.4) is 0 Å². The molecule has 1 fully saturated rings. The van der Waals surface area contributed by atoms with Gasteiger partial charge in [0.1, 0.15) is 0 Å². The van der Waals surface area contributed by atoms with Crippen LogP contribution < -0.4 is 10.6 Å². The van der Waals surface area contributed by atoms with Gasteiger partial charge in [-0.3, -0.25) is 4.90 Å². The van der Waals surface area contributed by atoms with E-state index in [0.717, 1.165) is 19.6 Å². The minimum atomic E-state index is -1.45. The number of aliphatic carboxylic acids is 1. The van der Waals surface area contributed by atoms with Crippen molar-refractivity contribution in [2.24, 2.45) is 0 Å². The standard InChI is InChI=1S/C12H23N3O5/c1-2-15-5-6-20-9(8-15)7-14-12(19)13-4-3-10(16)11(17)18/h9-10,16H,2-8H2,1H3,(H,17,18)(H2,13,14,19)/t9?,10-/m0/s1. The molecule has 1 heterocycles. The molecule has 0 aromatic rings. The molecule has 1 aliphatic heterocycles. The molecule has 0 aromatic heterocycles. The molecule has 0 radical (unpaired) electrons. The number of aliphatic hydroxyl groups excluding tert-OH is 1. The number of likely N-dealkylation sites (N-methyl/N-ethyl adjacent to an activating group) is 1. The molecule has 0 aromatic carbocycles. The molecule has 8 heteroatoms. The number of hydrogen-bond acceptors (Lipinski definition) is 5. The van der Waals surface area contributed by atoms with E-state index in [4.69, 9.17) is 14.9 Å². The van der Waals surface area contributed by atoms with Gasteiger partial charge in [-0.1, -0.05) is 6.92 Å². The topological polar surface area (TPSA) is 111 Å². The van der Waals surface area contributed by atoms with E-state index in [0.29, 0.717) is 13.2 Å². The van der Waals surface area contributed by atoms with Crippen molar-refractivity contribution in [3.8, 4) is 0 Å². The zero-order valence-corrected chi connectivity index (χ0v) is 11.7. The normalized spacial score (nSPS) is 21.2. The van der Waals surface area contributed by atoms with E-state index < -0.39 is 12.1 Å². The number of aliphatic hydroxyl groups is 1. The Morgan fingerprint density at radius 1 is 1.45 bits per heavy atom. The second kappa shape index (κ2) is 8.72. The third kappa shape index (κ3) is 6.18. The van der Waals surface area contributed by atoms with Crippen molar-refractivity contribution in [2.45, 2.75) is 25.6 Å². The highest BCUT2D eigenvalue weighted by Gasteiger charge is 2.19. The van der Waals surface area contributed by atoms with Crippen molar-refractivity contribution >= 4 is 12.0 Å². The van der Waals surface area contributed by atoms with Crippen LogP contribution in [0.15, 0.2) is 0 Å². The number of ether oxygens (including phenoxy) is 1. The van der Waals surface area contributed by atoms with Crippen molar-refractivity contribution in [1.82, 2.24) is 15.5 Å². The van der Waals surface area contributed by atoms with Gasteiger partial charge in [-0.15, -0.1) is 0 Å². The first-order valence-corrected chi connectivity index (χ1v) is 6.79. The highest BCUT2D eigenvalue weighted by atomic mass is 16.5. The maximum absolute atomic E-state index is 11.5. The Balaban J connectivity index is 2.12. The van der Waals surface area contributed by atoms with E-state index in [1.807, 2.05) is 0 Å². The lowest BCUT2D eigenvalue weighted by Gasteiger charge is -2.32. The summed E-state index contributed by atoms with van der Waals surface area (Å²) < 4.78 is 5.53. The number of carboxylic acids is 1. The van der Waals surface area contributed by atoms with Gasteiger partial charge in [-0.05, 0) is 6.54 Å². The van der Waals surface area contributed by atoms with Crippen LogP contribution in [0, 0.1) is 0 Å². The van der Waals surface area contributed by atoms with Gasteiger partial charge in [0.25, 0.3) is 0 Å². The summed E-state index contributed by atoms with van der Waals surface area (Å²) in [6, 6.07) is -0.389. The number of nitrogens with zero attached hydrogens (tertiary/aromatic N) is 1. The summed E-state index contributed by atoms with van der Waals surface area (Å²) in [5.74, 6) is -1.29. The molecule has 1 unspecified atom stereocenters. The number of carbonyl (C=O) groups excluding carboxylic acids is 1. The molecule has 0 saturated carbocycles. The number of urea groups is 1. The molecular weight excluding hydrogens is 266 g/mol. The monoisotopic (exact) mass is 289 g/mol. The number of nitrogens with one attached hydrogen (secondary N) is 2. The zero-order valence-electron chi connectivity index (χ0n) is 11.7. The van der Waals surface area contributed by atoms with Gasteiger partial charge in [0.2, 0.25) is 0 Å². The van der Waals surface area contributed by atoms with Crippen LogP contribution >= 0.6 is 0 Å². The Morgan fingerprint density at radius 3 is 2.85 bits per heavy atom. The van der Waals surface area contributed by atoms with Crippen LogP contribution in [0.25, 0.3) is 0 Å². The number of rotatable bonds is 7. The third-order valence-corrected chi connectivity index (χ3v) is 3.15. The molecule has 116 valence electrons. The van der Waals surface area contributed by atoms with Crippen LogP contribution in [0.5, 0.6) is 0 Å². The summed E-state index contributed by atoms with van der Waals surface area (Å²) in [6.45, 7) is 5.90. The molecule has 8 nitrogen and oxygen atoms in total. The Morgan fingerprint density at radius 2 is 2.20 bits per heavy atom. The Labute approximate surface area is 118 Å². The molecule has 0 spiro atoms. The first-order valence-electron chi connectivity index (χ1n) is 6.79. The van der Waals surface area contributed by atoms with Crippen LogP contribution in [-0.4, -0.2) is 78.7 Å². The van der Waals surface area contributed by atoms with Crippen molar-refractivity contribution < 1.29 is 24.5 Å². The number of hydrogen-bond donors (Lipinski definition) is 4. The van der Waals surface area contributed by atoms with E-state index in [1.54, 1.807) is 0 Å². The van der Waals surface area contributed by atoms with Gasteiger partial charge in [0.15, 0.2) is 6.10 Å². The lowest BCUT2D eigenvalue weighted by atomic mass is 10.2. The van der Waals surface area contributed by atoms with E-state index in [9.17, 15) is 9.59 Å². The van der Waals surface area contributed by atoms with E-state index in [2.05, 4.69) is 22.5 Å². The second-order valence-corrected chi connectivity index (χ2v) is 4.67. The molecule has 0 aliphatic carbocycles. The highest BCUT2D eigenvalue weighted by molar-refractivity contribution is 5.74. The number of amides is 2. The first-order chi connectivity index (χ1) is 9.52. The molecule has 2 amide bonds. The first kappa shape index (κ1) is 16.7. The van der Waals surface area contributed by atoms with Crippen LogP contribution in [-0.2, 0) is 9.53 Å². The maximum atomic E-state index is 11.5. The minimum absolute atomic E-state index is 0.0215. The Hall–Kier alpha value is -1.38. The fourth-order valence-electron chi connectivity index (χ4n) is 1.91. The fraction of sp³-hybridized carbons (Fsp3) is 0.833. The SMILES string of the molecule is CCN1CCOC(CNC(=O)NCC[C@H](O)C(=O)O)C1. The molecule has 1 saturated heterocycles. The van der Waals surface area contributed by atoms with Crippen molar-refractivity contribution in [1.29, 1.82) is 0 Å². The molecular formula is C12H23N3O5. The summed E-state index contributed by atoms with van der Waals surface area (Å²) >= 11 is 0. The average molecular weight is 289 g/mol. The Bertz CT molecular complexity index is 326. The summed E-state index contributed by atoms with van der Waals surface area (Å²) in [7, 11) is 0. The predicted molar refractivity (Wildman–Crippen MR) is 71.5 cm³/mol. The third-order valence-electron chi connectivity index (χ3n) is 3.15. The van der Waals surface area contributed by atoms with E-state index in [-0.39, 0.29) is 25.1 Å². The van der Waals surface area contributed by atoms with Crippen LogP contribution in [0.4, 0.5) is 4.79 Å². The fourth-order valence-corrected chi connectivity index (χ4v) is 1.91. The van der Waals surface area contributed by atoms with Gasteiger partial charge in [0.05, 0.1) is 12.7 Å². The van der Waals surface area contributed by atoms with Crippen molar-refractivity contribution in [3.63, 3.8) is 0 Å². The van der Waals surface area contributed by atoms with Crippen LogP contribution in [0.2, 0.25) is 0 Å². The molecule has 4 N–H and O–H groups in total. The van der Waals surface area contributed by atoms with Crippen LogP contribution in [0.1, 0.15) is 13.3 Å². The molecule has 1 rings (SSSR count). The molecule has 2 atom stereocenters. The molecule has 0 bridgehead atoms. The van der Waals surface area contributed by atoms with Crippen molar-refractivity contribution in [2.75, 3.05) is 39.3 Å². The largest absolute Gasteiger partial charge is 0.479 e. The van der Waals surface area contributed by atoms with E-state index >= 15 is 0 Å². The second-order valence-electron chi connectivity index (χ2n) is 4.67. The summed E-state index contributed by atoms with van der Waals surface area (Å²) in [5.41, 5.74) is 0. The number of carbonyl (C=O) groups is 2. The van der Waals surface area contributed by atoms with Gasteiger partial charge >= 0.3 is 12.0 Å². The highest BCUT2D eigenvalue weighted by Crippen LogP contribution is 2.03. The molecule has 1 aliphatic rings. The van der Waals surface area contributed by atoms with Gasteiger partial charge < -0.3 is 25.6 Å². The lowest BCUT2D eigenvalue weighted by molar-refractivity contribution is -0.146. The average Bonchev–Trinajstić information content (AvgIpc) is 2.45. The summed E-state index contributed by atoms with van der Waals surface area (Å²) in [6.07, 6.45) is -1.50. The zero-order chi connectivity index (χ0) is 15.0. The minimum Gasteiger partial charge on any atom is -0.479 e. The summed E-state index contributed by atoms with van der Waals surface area (Å²) in [5, 5.41) is 22.7.